The van der Waals surface area contributed by atoms with Crippen molar-refractivity contribution in [3.05, 3.63) is 41.6 Å². The molecule has 4 heteroatoms. The molecule has 1 saturated carbocycles. The number of ether oxygens (including phenoxy) is 1. The van der Waals surface area contributed by atoms with Crippen LogP contribution in [0, 0.1) is 0 Å². The lowest BCUT2D eigenvalue weighted by molar-refractivity contribution is 0.0908. The molecule has 2 fully saturated rings. The largest absolute Gasteiger partial charge is 0.378 e. The van der Waals surface area contributed by atoms with Crippen LogP contribution in [0.3, 0.4) is 0 Å². The molecule has 0 spiro atoms. The second-order valence-corrected chi connectivity index (χ2v) is 6.57. The first-order valence-corrected chi connectivity index (χ1v) is 8.61. The van der Waals surface area contributed by atoms with Crippen LogP contribution in [-0.4, -0.2) is 30.1 Å². The first-order chi connectivity index (χ1) is 11.3. The lowest BCUT2D eigenvalue weighted by atomic mass is 10.1. The molecule has 2 heterocycles. The van der Waals surface area contributed by atoms with E-state index in [0.29, 0.717) is 18.6 Å². The van der Waals surface area contributed by atoms with E-state index in [-0.39, 0.29) is 5.91 Å². The average Bonchev–Trinajstić information content (AvgIpc) is 3.31. The van der Waals surface area contributed by atoms with Crippen molar-refractivity contribution in [1.29, 1.82) is 0 Å². The molecule has 2 aliphatic rings. The second kappa shape index (κ2) is 6.28. The van der Waals surface area contributed by atoms with Crippen molar-refractivity contribution in [2.24, 2.45) is 0 Å². The summed E-state index contributed by atoms with van der Waals surface area (Å²) in [6.45, 7) is 1.53. The number of pyridine rings is 1. The Hall–Kier alpha value is -1.94. The molecule has 1 aliphatic carbocycles. The predicted octanol–water partition coefficient (Wildman–Crippen LogP) is 3.41. The smallest absolute Gasteiger partial charge is 0.252 e. The lowest BCUT2D eigenvalue weighted by Gasteiger charge is -2.12. The van der Waals surface area contributed by atoms with E-state index < -0.39 is 0 Å². The molecule has 120 valence electrons. The summed E-state index contributed by atoms with van der Waals surface area (Å²) in [5.41, 5.74) is 2.74. The summed E-state index contributed by atoms with van der Waals surface area (Å²) < 4.78 is 5.61. The van der Waals surface area contributed by atoms with Gasteiger partial charge < -0.3 is 10.1 Å². The Labute approximate surface area is 136 Å². The van der Waals surface area contributed by atoms with Crippen LogP contribution in [0.2, 0.25) is 0 Å². The summed E-state index contributed by atoms with van der Waals surface area (Å²) in [4.78, 5) is 17.4. The third-order valence-electron chi connectivity index (χ3n) is 4.75. The van der Waals surface area contributed by atoms with Crippen LogP contribution in [0.25, 0.3) is 10.9 Å². The lowest BCUT2D eigenvalue weighted by Crippen LogP contribution is -2.27. The molecule has 1 atom stereocenters. The number of fused-ring (bicyclic) bond motifs is 1. The molecule has 1 aliphatic heterocycles. The van der Waals surface area contributed by atoms with Gasteiger partial charge in [0.1, 0.15) is 0 Å². The molecule has 1 saturated heterocycles. The fourth-order valence-electron chi connectivity index (χ4n) is 3.29. The van der Waals surface area contributed by atoms with E-state index in [4.69, 9.17) is 9.72 Å². The maximum Gasteiger partial charge on any atom is 0.252 e. The van der Waals surface area contributed by atoms with Crippen LogP contribution in [0.15, 0.2) is 30.3 Å². The van der Waals surface area contributed by atoms with Gasteiger partial charge in [0.15, 0.2) is 0 Å². The van der Waals surface area contributed by atoms with E-state index in [1.54, 1.807) is 0 Å². The van der Waals surface area contributed by atoms with Crippen LogP contribution in [-0.2, 0) is 4.74 Å². The topological polar surface area (TPSA) is 51.2 Å². The second-order valence-electron chi connectivity index (χ2n) is 6.57. The van der Waals surface area contributed by atoms with Crippen LogP contribution < -0.4 is 5.32 Å². The molecule has 0 unspecified atom stereocenters. The van der Waals surface area contributed by atoms with Gasteiger partial charge in [-0.3, -0.25) is 9.78 Å². The van der Waals surface area contributed by atoms with Crippen LogP contribution in [0.5, 0.6) is 0 Å². The van der Waals surface area contributed by atoms with Crippen molar-refractivity contribution in [2.45, 2.75) is 44.1 Å². The average molecular weight is 310 g/mol. The summed E-state index contributed by atoms with van der Waals surface area (Å²) in [7, 11) is 0. The number of hydrogen-bond acceptors (Lipinski definition) is 3. The molecule has 23 heavy (non-hydrogen) atoms. The SMILES string of the molecule is O=C(NCC[C@H]1CCCO1)c1cc(C2CC2)nc2ccccc12. The number of hydrogen-bond donors (Lipinski definition) is 1. The van der Waals surface area contributed by atoms with Gasteiger partial charge in [-0.15, -0.1) is 0 Å². The van der Waals surface area contributed by atoms with E-state index in [1.807, 2.05) is 30.3 Å². The highest BCUT2D eigenvalue weighted by molar-refractivity contribution is 6.06. The Morgan fingerprint density at radius 3 is 2.91 bits per heavy atom. The highest BCUT2D eigenvalue weighted by Crippen LogP contribution is 2.40. The van der Waals surface area contributed by atoms with E-state index in [0.717, 1.165) is 48.0 Å². The van der Waals surface area contributed by atoms with Gasteiger partial charge in [-0.1, -0.05) is 18.2 Å². The minimum Gasteiger partial charge on any atom is -0.378 e. The van der Waals surface area contributed by atoms with Crippen LogP contribution >= 0.6 is 0 Å². The molecule has 4 rings (SSSR count). The Balaban J connectivity index is 1.52. The Morgan fingerprint density at radius 2 is 2.13 bits per heavy atom. The highest BCUT2D eigenvalue weighted by Gasteiger charge is 2.27. The minimum atomic E-state index is 0.00324. The van der Waals surface area contributed by atoms with Gasteiger partial charge >= 0.3 is 0 Å². The molecule has 1 aromatic carbocycles. The number of benzene rings is 1. The maximum atomic E-state index is 12.6. The standard InChI is InChI=1S/C19H22N2O2/c22-19(20-10-9-14-4-3-11-23-14)16-12-18(13-7-8-13)21-17-6-2-1-5-15(16)17/h1-2,5-6,12-14H,3-4,7-11H2,(H,20,22)/t14-/m1/s1. The zero-order chi connectivity index (χ0) is 15.6. The van der Waals surface area contributed by atoms with Gasteiger partial charge in [0, 0.05) is 30.1 Å². The van der Waals surface area contributed by atoms with Gasteiger partial charge in [-0.05, 0) is 44.2 Å². The van der Waals surface area contributed by atoms with Crippen LogP contribution in [0.4, 0.5) is 0 Å². The van der Waals surface area contributed by atoms with Gasteiger partial charge in [-0.2, -0.15) is 0 Å². The number of carbonyl (C=O) groups excluding carboxylic acids is 1. The van der Waals surface area contributed by atoms with Gasteiger partial charge in [-0.25, -0.2) is 0 Å². The van der Waals surface area contributed by atoms with Crippen molar-refractivity contribution in [1.82, 2.24) is 10.3 Å². The fourth-order valence-corrected chi connectivity index (χ4v) is 3.29. The molecule has 1 amide bonds. The molecule has 0 bridgehead atoms. The Bertz CT molecular complexity index is 718. The van der Waals surface area contributed by atoms with E-state index >= 15 is 0 Å². The number of nitrogens with zero attached hydrogens (tertiary/aromatic N) is 1. The van der Waals surface area contributed by atoms with E-state index in [2.05, 4.69) is 5.32 Å². The van der Waals surface area contributed by atoms with E-state index in [1.165, 1.54) is 12.8 Å². The Morgan fingerprint density at radius 1 is 1.26 bits per heavy atom. The number of para-hydroxylation sites is 1. The zero-order valence-corrected chi connectivity index (χ0v) is 13.3. The van der Waals surface area contributed by atoms with Gasteiger partial charge in [0.2, 0.25) is 0 Å². The summed E-state index contributed by atoms with van der Waals surface area (Å²) in [6, 6.07) is 9.90. The third kappa shape index (κ3) is 3.22. The predicted molar refractivity (Wildman–Crippen MR) is 89.6 cm³/mol. The molecule has 2 aromatic rings. The number of carbonyl (C=O) groups is 1. The first-order valence-electron chi connectivity index (χ1n) is 8.61. The monoisotopic (exact) mass is 310 g/mol. The minimum absolute atomic E-state index is 0.00324. The van der Waals surface area contributed by atoms with Crippen molar-refractivity contribution < 1.29 is 9.53 Å². The van der Waals surface area contributed by atoms with Gasteiger partial charge in [0.25, 0.3) is 5.91 Å². The quantitative estimate of drug-likeness (QED) is 0.920. The van der Waals surface area contributed by atoms with E-state index in [9.17, 15) is 4.79 Å². The molecule has 4 nitrogen and oxygen atoms in total. The fraction of sp³-hybridized carbons (Fsp3) is 0.474. The van der Waals surface area contributed by atoms with Crippen LogP contribution in [0.1, 0.15) is 54.1 Å². The molecular formula is C19H22N2O2. The molecule has 1 N–H and O–H groups in total. The normalized spacial score (nSPS) is 20.8. The number of amides is 1. The number of nitrogens with one attached hydrogen (secondary N) is 1. The summed E-state index contributed by atoms with van der Waals surface area (Å²) in [6.07, 6.45) is 5.82. The maximum absolute atomic E-state index is 12.6. The molecule has 0 radical (unpaired) electrons. The summed E-state index contributed by atoms with van der Waals surface area (Å²) >= 11 is 0. The summed E-state index contributed by atoms with van der Waals surface area (Å²) in [5, 5.41) is 3.99. The van der Waals surface area contributed by atoms with Gasteiger partial charge in [0.05, 0.1) is 17.2 Å². The Kier molecular flexibility index (Phi) is 4.00. The van der Waals surface area contributed by atoms with Crippen molar-refractivity contribution in [3.63, 3.8) is 0 Å². The number of aromatic nitrogens is 1. The number of rotatable bonds is 5. The third-order valence-corrected chi connectivity index (χ3v) is 4.75. The first kappa shape index (κ1) is 14.6. The highest BCUT2D eigenvalue weighted by atomic mass is 16.5. The zero-order valence-electron chi connectivity index (χ0n) is 13.3. The summed E-state index contributed by atoms with van der Waals surface area (Å²) in [5.74, 6) is 0.543. The van der Waals surface area contributed by atoms with Crippen molar-refractivity contribution in [2.75, 3.05) is 13.2 Å². The molecular weight excluding hydrogens is 288 g/mol. The van der Waals surface area contributed by atoms with Crippen molar-refractivity contribution >= 4 is 16.8 Å². The molecule has 1 aromatic heterocycles. The van der Waals surface area contributed by atoms with Crippen molar-refractivity contribution in [3.8, 4) is 0 Å².